The fraction of sp³-hybridized carbons (Fsp3) is 1.00. The minimum absolute atomic E-state index is 0.769. The first-order valence-corrected chi connectivity index (χ1v) is 7.14. The third-order valence-electron chi connectivity index (χ3n) is 2.81. The van der Waals surface area contributed by atoms with Gasteiger partial charge in [-0.2, -0.15) is 0 Å². The molecule has 1 N–H and O–H groups in total. The maximum absolute atomic E-state index is 3.39. The number of nitrogens with zero attached hydrogens (tertiary/aromatic N) is 2. The van der Waals surface area contributed by atoms with Gasteiger partial charge in [-0.15, -0.1) is 0 Å². The maximum Gasteiger partial charge on any atom is 0.0109 e. The Morgan fingerprint density at radius 2 is 1.71 bits per heavy atom. The first-order chi connectivity index (χ1) is 8.06. The molecule has 0 aromatic heterocycles. The Balaban J connectivity index is 3.69. The Morgan fingerprint density at radius 1 is 1.00 bits per heavy atom. The fourth-order valence-corrected chi connectivity index (χ4v) is 1.91. The Hall–Kier alpha value is -0.120. The van der Waals surface area contributed by atoms with Crippen LogP contribution >= 0.6 is 0 Å². The lowest BCUT2D eigenvalue weighted by molar-refractivity contribution is 0.215. The molecule has 0 aliphatic carbocycles. The summed E-state index contributed by atoms with van der Waals surface area (Å²) in [6.45, 7) is 13.9. The van der Waals surface area contributed by atoms with Crippen molar-refractivity contribution in [3.63, 3.8) is 0 Å². The van der Waals surface area contributed by atoms with Gasteiger partial charge in [0.05, 0.1) is 0 Å². The van der Waals surface area contributed by atoms with Gasteiger partial charge in [0.2, 0.25) is 0 Å². The summed E-state index contributed by atoms with van der Waals surface area (Å²) >= 11 is 0. The van der Waals surface area contributed by atoms with E-state index in [9.17, 15) is 0 Å². The van der Waals surface area contributed by atoms with Crippen molar-refractivity contribution in [1.29, 1.82) is 0 Å². The summed E-state index contributed by atoms with van der Waals surface area (Å²) < 4.78 is 0. The summed E-state index contributed by atoms with van der Waals surface area (Å²) in [6.07, 6.45) is 2.61. The summed E-state index contributed by atoms with van der Waals surface area (Å²) in [6, 6.07) is 0. The van der Waals surface area contributed by atoms with Gasteiger partial charge in [0, 0.05) is 19.6 Å². The largest absolute Gasteiger partial charge is 0.317 e. The van der Waals surface area contributed by atoms with Crippen LogP contribution in [0.1, 0.15) is 33.6 Å². The second kappa shape index (κ2) is 11.0. The Morgan fingerprint density at radius 3 is 2.24 bits per heavy atom. The lowest BCUT2D eigenvalue weighted by Gasteiger charge is -2.25. The summed E-state index contributed by atoms with van der Waals surface area (Å²) in [4.78, 5) is 4.88. The third kappa shape index (κ3) is 12.1. The molecule has 0 aliphatic heterocycles. The molecule has 3 heteroatoms. The van der Waals surface area contributed by atoms with Gasteiger partial charge in [0.25, 0.3) is 0 Å². The van der Waals surface area contributed by atoms with Gasteiger partial charge >= 0.3 is 0 Å². The standard InChI is InChI=1S/C14H33N3/c1-6-15-9-7-8-10-17(13-14(2)3)12-11-16(4)5/h14-15H,6-13H2,1-5H3. The molecule has 0 atom stereocenters. The summed E-state index contributed by atoms with van der Waals surface area (Å²) in [5.74, 6) is 0.769. The van der Waals surface area contributed by atoms with Gasteiger partial charge in [0.15, 0.2) is 0 Å². The second-order valence-corrected chi connectivity index (χ2v) is 5.56. The number of rotatable bonds is 11. The van der Waals surface area contributed by atoms with E-state index in [2.05, 4.69) is 50.0 Å². The van der Waals surface area contributed by atoms with Crippen molar-refractivity contribution < 1.29 is 0 Å². The first-order valence-electron chi connectivity index (χ1n) is 7.14. The molecule has 0 aromatic carbocycles. The van der Waals surface area contributed by atoms with Crippen LogP contribution in [0.2, 0.25) is 0 Å². The van der Waals surface area contributed by atoms with Crippen LogP contribution in [-0.2, 0) is 0 Å². The molecular weight excluding hydrogens is 210 g/mol. The van der Waals surface area contributed by atoms with Gasteiger partial charge < -0.3 is 15.1 Å². The minimum Gasteiger partial charge on any atom is -0.317 e. The van der Waals surface area contributed by atoms with Gasteiger partial charge in [-0.25, -0.2) is 0 Å². The highest BCUT2D eigenvalue weighted by Gasteiger charge is 2.07. The van der Waals surface area contributed by atoms with Crippen LogP contribution in [-0.4, -0.2) is 63.2 Å². The van der Waals surface area contributed by atoms with Crippen molar-refractivity contribution in [3.8, 4) is 0 Å². The topological polar surface area (TPSA) is 18.5 Å². The number of nitrogens with one attached hydrogen (secondary N) is 1. The molecule has 0 spiro atoms. The quantitative estimate of drug-likeness (QED) is 0.559. The number of likely N-dealkylation sites (N-methyl/N-ethyl adjacent to an activating group) is 1. The van der Waals surface area contributed by atoms with E-state index < -0.39 is 0 Å². The van der Waals surface area contributed by atoms with Crippen molar-refractivity contribution in [2.75, 3.05) is 53.4 Å². The van der Waals surface area contributed by atoms with E-state index in [-0.39, 0.29) is 0 Å². The zero-order valence-corrected chi connectivity index (χ0v) is 12.6. The van der Waals surface area contributed by atoms with Crippen molar-refractivity contribution in [2.24, 2.45) is 5.92 Å². The molecule has 0 radical (unpaired) electrons. The van der Waals surface area contributed by atoms with E-state index in [1.807, 2.05) is 0 Å². The Labute approximate surface area is 109 Å². The molecule has 0 aromatic rings. The molecule has 0 heterocycles. The highest BCUT2D eigenvalue weighted by atomic mass is 15.2. The van der Waals surface area contributed by atoms with Gasteiger partial charge in [0.1, 0.15) is 0 Å². The maximum atomic E-state index is 3.39. The molecule has 0 amide bonds. The summed E-state index contributed by atoms with van der Waals surface area (Å²) in [7, 11) is 4.30. The van der Waals surface area contributed by atoms with Crippen molar-refractivity contribution >= 4 is 0 Å². The molecule has 0 fully saturated rings. The van der Waals surface area contributed by atoms with E-state index in [4.69, 9.17) is 0 Å². The van der Waals surface area contributed by atoms with Crippen LogP contribution in [0.3, 0.4) is 0 Å². The highest BCUT2D eigenvalue weighted by molar-refractivity contribution is 4.62. The molecule has 0 unspecified atom stereocenters. The van der Waals surface area contributed by atoms with E-state index in [0.29, 0.717) is 0 Å². The Kier molecular flexibility index (Phi) is 10.9. The lowest BCUT2D eigenvalue weighted by atomic mass is 10.2. The minimum atomic E-state index is 0.769. The van der Waals surface area contributed by atoms with E-state index in [1.54, 1.807) is 0 Å². The third-order valence-corrected chi connectivity index (χ3v) is 2.81. The van der Waals surface area contributed by atoms with Crippen LogP contribution in [0.4, 0.5) is 0 Å². The summed E-state index contributed by atoms with van der Waals surface area (Å²) in [5, 5.41) is 3.39. The van der Waals surface area contributed by atoms with Crippen LogP contribution in [0.5, 0.6) is 0 Å². The smallest absolute Gasteiger partial charge is 0.0109 e. The van der Waals surface area contributed by atoms with Crippen LogP contribution in [0.15, 0.2) is 0 Å². The Bertz CT molecular complexity index is 158. The van der Waals surface area contributed by atoms with Crippen LogP contribution < -0.4 is 5.32 Å². The second-order valence-electron chi connectivity index (χ2n) is 5.56. The molecule has 0 bridgehead atoms. The monoisotopic (exact) mass is 243 g/mol. The van der Waals surface area contributed by atoms with Crippen molar-refractivity contribution in [1.82, 2.24) is 15.1 Å². The highest BCUT2D eigenvalue weighted by Crippen LogP contribution is 2.01. The van der Waals surface area contributed by atoms with E-state index in [1.165, 1.54) is 45.6 Å². The molecule has 0 aliphatic rings. The normalized spacial score (nSPS) is 12.0. The van der Waals surface area contributed by atoms with E-state index >= 15 is 0 Å². The number of unbranched alkanes of at least 4 members (excludes halogenated alkanes) is 1. The van der Waals surface area contributed by atoms with Gasteiger partial charge in [-0.3, -0.25) is 0 Å². The predicted octanol–water partition coefficient (Wildman–Crippen LogP) is 1.90. The van der Waals surface area contributed by atoms with Crippen LogP contribution in [0, 0.1) is 5.92 Å². The molecular formula is C14H33N3. The molecule has 0 rings (SSSR count). The predicted molar refractivity (Wildman–Crippen MR) is 77.6 cm³/mol. The fourth-order valence-electron chi connectivity index (χ4n) is 1.91. The van der Waals surface area contributed by atoms with Crippen molar-refractivity contribution in [2.45, 2.75) is 33.6 Å². The zero-order chi connectivity index (χ0) is 13.1. The van der Waals surface area contributed by atoms with Crippen LogP contribution in [0.25, 0.3) is 0 Å². The van der Waals surface area contributed by atoms with Gasteiger partial charge in [-0.05, 0) is 52.5 Å². The zero-order valence-electron chi connectivity index (χ0n) is 12.6. The van der Waals surface area contributed by atoms with Crippen molar-refractivity contribution in [3.05, 3.63) is 0 Å². The molecule has 104 valence electrons. The molecule has 3 nitrogen and oxygen atoms in total. The average Bonchev–Trinajstić information content (AvgIpc) is 2.24. The van der Waals surface area contributed by atoms with E-state index in [0.717, 1.165) is 12.5 Å². The molecule has 0 saturated carbocycles. The average molecular weight is 243 g/mol. The molecule has 17 heavy (non-hydrogen) atoms. The summed E-state index contributed by atoms with van der Waals surface area (Å²) in [5.41, 5.74) is 0. The first kappa shape index (κ1) is 16.9. The van der Waals surface area contributed by atoms with Gasteiger partial charge in [-0.1, -0.05) is 20.8 Å². The number of hydrogen-bond donors (Lipinski definition) is 1. The SMILES string of the molecule is CCNCCCCN(CCN(C)C)CC(C)C. The molecule has 0 saturated heterocycles. The number of hydrogen-bond acceptors (Lipinski definition) is 3. The lowest BCUT2D eigenvalue weighted by Crippen LogP contribution is -2.35.